The van der Waals surface area contributed by atoms with Crippen LogP contribution in [-0.2, 0) is 19.1 Å². The van der Waals surface area contributed by atoms with Crippen LogP contribution in [-0.4, -0.2) is 46.7 Å². The van der Waals surface area contributed by atoms with Crippen molar-refractivity contribution >= 4 is 57.3 Å². The number of hydrogen-bond acceptors (Lipinski definition) is 6. The number of ether oxygens (including phenoxy) is 1. The minimum absolute atomic E-state index is 0.202. The molecule has 1 fully saturated rings. The van der Waals surface area contributed by atoms with Gasteiger partial charge in [0.2, 0.25) is 0 Å². The Morgan fingerprint density at radius 1 is 1.11 bits per heavy atom. The van der Waals surface area contributed by atoms with Gasteiger partial charge in [-0.2, -0.15) is 0 Å². The molecule has 142 valence electrons. The van der Waals surface area contributed by atoms with E-state index in [4.69, 9.17) is 17.0 Å². The van der Waals surface area contributed by atoms with Crippen molar-refractivity contribution in [3.63, 3.8) is 0 Å². The number of amides is 2. The topological polar surface area (TPSA) is 66.9 Å². The Balaban J connectivity index is 1.94. The number of fused-ring (bicyclic) bond motifs is 1. The molecular formula is C19H20N2O4S2. The second-order valence-corrected chi connectivity index (χ2v) is 7.80. The molecule has 2 amide bonds. The minimum Gasteiger partial charge on any atom is -0.464 e. The minimum atomic E-state index is -0.509. The molecule has 1 aromatic carbocycles. The SMILES string of the molecule is CCCOC(=O)CN1C(=O)C(=C2C(=O)N(CCC)c3ccccc32)SC1=S. The Morgan fingerprint density at radius 2 is 1.85 bits per heavy atom. The predicted octanol–water partition coefficient (Wildman–Crippen LogP) is 2.97. The van der Waals surface area contributed by atoms with E-state index in [0.29, 0.717) is 25.1 Å². The number of thioether (sulfide) groups is 1. The van der Waals surface area contributed by atoms with Crippen molar-refractivity contribution in [1.29, 1.82) is 0 Å². The number of rotatable bonds is 6. The highest BCUT2D eigenvalue weighted by Gasteiger charge is 2.42. The van der Waals surface area contributed by atoms with E-state index in [0.717, 1.165) is 29.4 Å². The molecule has 6 nitrogen and oxygen atoms in total. The lowest BCUT2D eigenvalue weighted by molar-refractivity contribution is -0.146. The number of carbonyl (C=O) groups is 3. The summed E-state index contributed by atoms with van der Waals surface area (Å²) in [6.07, 6.45) is 1.50. The third kappa shape index (κ3) is 3.64. The zero-order chi connectivity index (χ0) is 19.6. The Labute approximate surface area is 167 Å². The van der Waals surface area contributed by atoms with Gasteiger partial charge in [-0.1, -0.05) is 56.0 Å². The number of anilines is 1. The fourth-order valence-corrected chi connectivity index (χ4v) is 4.35. The number of thiocarbonyl (C=S) groups is 1. The first-order valence-electron chi connectivity index (χ1n) is 8.84. The quantitative estimate of drug-likeness (QED) is 0.413. The number of hydrogen-bond donors (Lipinski definition) is 0. The summed E-state index contributed by atoms with van der Waals surface area (Å²) in [5.74, 6) is -1.13. The van der Waals surface area contributed by atoms with Crippen molar-refractivity contribution in [3.05, 3.63) is 34.7 Å². The van der Waals surface area contributed by atoms with Crippen LogP contribution in [0.15, 0.2) is 29.2 Å². The van der Waals surface area contributed by atoms with E-state index >= 15 is 0 Å². The molecule has 0 bridgehead atoms. The first-order chi connectivity index (χ1) is 13.0. The zero-order valence-corrected chi connectivity index (χ0v) is 16.8. The number of esters is 1. The second kappa shape index (κ2) is 8.22. The van der Waals surface area contributed by atoms with E-state index in [9.17, 15) is 14.4 Å². The lowest BCUT2D eigenvalue weighted by Crippen LogP contribution is -2.35. The van der Waals surface area contributed by atoms with E-state index < -0.39 is 11.9 Å². The lowest BCUT2D eigenvalue weighted by Gasteiger charge is -2.15. The predicted molar refractivity (Wildman–Crippen MR) is 109 cm³/mol. The lowest BCUT2D eigenvalue weighted by atomic mass is 10.1. The van der Waals surface area contributed by atoms with E-state index in [2.05, 4.69) is 0 Å². The van der Waals surface area contributed by atoms with Crippen LogP contribution in [0.25, 0.3) is 5.57 Å². The standard InChI is InChI=1S/C19H20N2O4S2/c1-3-9-20-13-8-6-5-7-12(13)15(17(20)23)16-18(24)21(19(26)27-16)11-14(22)25-10-4-2/h5-8H,3-4,9-11H2,1-2H3. The van der Waals surface area contributed by atoms with Gasteiger partial charge in [-0.15, -0.1) is 0 Å². The van der Waals surface area contributed by atoms with Crippen LogP contribution in [0.3, 0.4) is 0 Å². The largest absolute Gasteiger partial charge is 0.464 e. The van der Waals surface area contributed by atoms with Crippen molar-refractivity contribution in [2.75, 3.05) is 24.6 Å². The van der Waals surface area contributed by atoms with Gasteiger partial charge in [0.1, 0.15) is 10.9 Å². The van der Waals surface area contributed by atoms with E-state index in [1.807, 2.05) is 38.1 Å². The Morgan fingerprint density at radius 3 is 2.56 bits per heavy atom. The highest BCUT2D eigenvalue weighted by molar-refractivity contribution is 8.26. The second-order valence-electron chi connectivity index (χ2n) is 6.16. The molecule has 2 aliphatic heterocycles. The summed E-state index contributed by atoms with van der Waals surface area (Å²) in [5, 5.41) is 0. The van der Waals surface area contributed by atoms with Gasteiger partial charge in [-0.25, -0.2) is 0 Å². The first kappa shape index (κ1) is 19.6. The van der Waals surface area contributed by atoms with Crippen LogP contribution >= 0.6 is 24.0 Å². The van der Waals surface area contributed by atoms with Gasteiger partial charge in [0.25, 0.3) is 11.8 Å². The van der Waals surface area contributed by atoms with Crippen molar-refractivity contribution in [3.8, 4) is 0 Å². The number of carbonyl (C=O) groups excluding carboxylic acids is 3. The Bertz CT molecular complexity index is 850. The molecule has 1 saturated heterocycles. The molecule has 2 aliphatic rings. The van der Waals surface area contributed by atoms with E-state index in [1.54, 1.807) is 4.90 Å². The maximum atomic E-state index is 13.0. The Kier molecular flexibility index (Phi) is 5.96. The molecule has 8 heteroatoms. The highest BCUT2D eigenvalue weighted by atomic mass is 32.2. The smallest absolute Gasteiger partial charge is 0.326 e. The number of nitrogens with zero attached hydrogens (tertiary/aromatic N) is 2. The maximum Gasteiger partial charge on any atom is 0.326 e. The van der Waals surface area contributed by atoms with Gasteiger partial charge in [-0.05, 0) is 18.9 Å². The molecule has 0 N–H and O–H groups in total. The highest BCUT2D eigenvalue weighted by Crippen LogP contribution is 2.44. The molecule has 1 aromatic rings. The van der Waals surface area contributed by atoms with Crippen molar-refractivity contribution < 1.29 is 19.1 Å². The summed E-state index contributed by atoms with van der Waals surface area (Å²) in [7, 11) is 0. The van der Waals surface area contributed by atoms with Gasteiger partial charge in [0.05, 0.1) is 22.8 Å². The van der Waals surface area contributed by atoms with E-state index in [-0.39, 0.29) is 21.7 Å². The van der Waals surface area contributed by atoms with Gasteiger partial charge in [0, 0.05) is 12.1 Å². The van der Waals surface area contributed by atoms with Crippen LogP contribution in [0.4, 0.5) is 5.69 Å². The summed E-state index contributed by atoms with van der Waals surface area (Å²) < 4.78 is 5.30. The summed E-state index contributed by atoms with van der Waals surface area (Å²) >= 11 is 6.34. The van der Waals surface area contributed by atoms with Gasteiger partial charge in [0.15, 0.2) is 0 Å². The summed E-state index contributed by atoms with van der Waals surface area (Å²) in [4.78, 5) is 41.0. The molecule has 0 aromatic heterocycles. The summed E-state index contributed by atoms with van der Waals surface area (Å²) in [5.41, 5.74) is 1.89. The molecule has 0 aliphatic carbocycles. The molecule has 3 rings (SSSR count). The fourth-order valence-electron chi connectivity index (χ4n) is 3.02. The fraction of sp³-hybridized carbons (Fsp3) is 0.368. The molecule has 27 heavy (non-hydrogen) atoms. The molecule has 0 saturated carbocycles. The number of benzene rings is 1. The zero-order valence-electron chi connectivity index (χ0n) is 15.2. The van der Waals surface area contributed by atoms with Crippen LogP contribution in [0.2, 0.25) is 0 Å². The summed E-state index contributed by atoms with van der Waals surface area (Å²) in [6.45, 7) is 4.52. The molecule has 0 spiro atoms. The van der Waals surface area contributed by atoms with Crippen molar-refractivity contribution in [2.24, 2.45) is 0 Å². The average molecular weight is 405 g/mol. The van der Waals surface area contributed by atoms with Crippen LogP contribution in [0.5, 0.6) is 0 Å². The third-order valence-corrected chi connectivity index (χ3v) is 5.65. The summed E-state index contributed by atoms with van der Waals surface area (Å²) in [6, 6.07) is 7.41. The van der Waals surface area contributed by atoms with Gasteiger partial charge < -0.3 is 9.64 Å². The van der Waals surface area contributed by atoms with Crippen LogP contribution in [0.1, 0.15) is 32.3 Å². The molecular weight excluding hydrogens is 384 g/mol. The Hall–Kier alpha value is -2.19. The molecule has 0 atom stereocenters. The molecule has 2 heterocycles. The molecule has 0 radical (unpaired) electrons. The first-order valence-corrected chi connectivity index (χ1v) is 10.1. The van der Waals surface area contributed by atoms with Crippen LogP contribution in [0, 0.1) is 0 Å². The number of para-hydroxylation sites is 1. The maximum absolute atomic E-state index is 13.0. The van der Waals surface area contributed by atoms with E-state index in [1.165, 1.54) is 4.90 Å². The third-order valence-electron chi connectivity index (χ3n) is 4.20. The monoisotopic (exact) mass is 404 g/mol. The normalized spacial score (nSPS) is 19.1. The van der Waals surface area contributed by atoms with Crippen LogP contribution < -0.4 is 4.90 Å². The van der Waals surface area contributed by atoms with Gasteiger partial charge >= 0.3 is 5.97 Å². The molecule has 0 unspecified atom stereocenters. The van der Waals surface area contributed by atoms with Crippen molar-refractivity contribution in [1.82, 2.24) is 4.90 Å². The van der Waals surface area contributed by atoms with Crippen molar-refractivity contribution in [2.45, 2.75) is 26.7 Å². The van der Waals surface area contributed by atoms with Gasteiger partial charge in [-0.3, -0.25) is 19.3 Å². The average Bonchev–Trinajstić information content (AvgIpc) is 3.08.